The largest absolute Gasteiger partial charge is 0.416 e. The van der Waals surface area contributed by atoms with E-state index in [-0.39, 0.29) is 0 Å². The van der Waals surface area contributed by atoms with Gasteiger partial charge in [-0.3, -0.25) is 0 Å². The predicted octanol–water partition coefficient (Wildman–Crippen LogP) is 15.3. The molecule has 0 atom stereocenters. The molecule has 0 aliphatic rings. The lowest BCUT2D eigenvalue weighted by atomic mass is 9.91. The molecule has 8 heteroatoms. The van der Waals surface area contributed by atoms with Gasteiger partial charge in [-0.05, 0) is 95.9 Å². The topological polar surface area (TPSA) is 58.9 Å². The molecule has 0 fully saturated rings. The Morgan fingerprint density at radius 2 is 1.11 bits per heavy atom. The number of nitrogens with zero attached hydrogens (tertiary/aromatic N) is 5. The number of hydrogen-bond donors (Lipinski definition) is 0. The van der Waals surface area contributed by atoms with E-state index in [1.54, 1.807) is 18.2 Å². The van der Waals surface area contributed by atoms with E-state index in [4.69, 9.17) is 16.5 Å². The van der Waals surface area contributed by atoms with E-state index in [0.29, 0.717) is 33.9 Å². The van der Waals surface area contributed by atoms with Crippen LogP contribution in [0.4, 0.5) is 18.9 Å². The molecule has 64 heavy (non-hydrogen) atoms. The van der Waals surface area contributed by atoms with Gasteiger partial charge in [0.05, 0.1) is 46.3 Å². The number of aromatic nitrogens is 3. The molecule has 0 amide bonds. The van der Waals surface area contributed by atoms with Crippen LogP contribution in [0, 0.1) is 24.8 Å². The molecule has 0 saturated carbocycles. The maximum absolute atomic E-state index is 14.1. The van der Waals surface area contributed by atoms with Crippen molar-refractivity contribution in [1.29, 1.82) is 5.26 Å². The van der Waals surface area contributed by atoms with Crippen molar-refractivity contribution >= 4 is 27.5 Å². The van der Waals surface area contributed by atoms with Crippen LogP contribution in [0.5, 0.6) is 0 Å². The molecule has 10 aromatic rings. The smallest absolute Gasteiger partial charge is 0.308 e. The van der Waals surface area contributed by atoms with Crippen LogP contribution in [-0.2, 0) is 6.18 Å². The molecule has 2 heterocycles. The summed E-state index contributed by atoms with van der Waals surface area (Å²) in [5, 5.41) is 11.7. The van der Waals surface area contributed by atoms with Crippen molar-refractivity contribution in [2.45, 2.75) is 13.1 Å². The first-order valence-corrected chi connectivity index (χ1v) is 20.5. The van der Waals surface area contributed by atoms with Gasteiger partial charge in [0, 0.05) is 44.2 Å². The van der Waals surface area contributed by atoms with Gasteiger partial charge in [-0.2, -0.15) is 18.4 Å². The molecule has 0 N–H and O–H groups in total. The van der Waals surface area contributed by atoms with Gasteiger partial charge in [-0.1, -0.05) is 127 Å². The van der Waals surface area contributed by atoms with Crippen molar-refractivity contribution in [3.8, 4) is 79.0 Å². The fraction of sp³-hybridized carbons (Fsp3) is 0.0357. The van der Waals surface area contributed by atoms with Gasteiger partial charge < -0.3 is 4.57 Å². The molecule has 2 aromatic heterocycles. The molecule has 0 spiro atoms. The first kappa shape index (κ1) is 39.5. The number of benzene rings is 8. The second-order valence-corrected chi connectivity index (χ2v) is 15.6. The van der Waals surface area contributed by atoms with Crippen molar-refractivity contribution in [2.75, 3.05) is 0 Å². The molecule has 10 rings (SSSR count). The average molecular weight is 834 g/mol. The fourth-order valence-electron chi connectivity index (χ4n) is 8.40. The Hall–Kier alpha value is -8.59. The minimum absolute atomic E-state index is 0.371. The number of aryl methyl sites for hydroxylation is 1. The van der Waals surface area contributed by atoms with E-state index >= 15 is 0 Å². The highest BCUT2D eigenvalue weighted by Crippen LogP contribution is 2.45. The SMILES string of the molecule is [C-]#[N+]c1cc(C#N)cc(-c2ccc3c(c2)c2ccccc2n3-c2c(-c3ccc(C)cc3)cc(-c3cc(-c4ccccc4)nc(-c4ccccc4)n3)cc2-c2ccc(C(F)(F)F)cc2)c1. The molecule has 8 aromatic carbocycles. The normalized spacial score (nSPS) is 11.4. The molecule has 0 aliphatic heterocycles. The monoisotopic (exact) mass is 833 g/mol. The molecular weight excluding hydrogens is 800 g/mol. The van der Waals surface area contributed by atoms with Crippen LogP contribution in [0.25, 0.3) is 99.6 Å². The van der Waals surface area contributed by atoms with E-state index < -0.39 is 11.7 Å². The summed E-state index contributed by atoms with van der Waals surface area (Å²) in [4.78, 5) is 13.8. The van der Waals surface area contributed by atoms with Crippen molar-refractivity contribution in [2.24, 2.45) is 0 Å². The summed E-state index contributed by atoms with van der Waals surface area (Å²) < 4.78 is 44.6. The molecule has 0 radical (unpaired) electrons. The summed E-state index contributed by atoms with van der Waals surface area (Å²) in [7, 11) is 0. The highest BCUT2D eigenvalue weighted by Gasteiger charge is 2.30. The fourth-order valence-corrected chi connectivity index (χ4v) is 8.40. The van der Waals surface area contributed by atoms with E-state index in [1.807, 2.05) is 104 Å². The zero-order valence-corrected chi connectivity index (χ0v) is 34.3. The summed E-state index contributed by atoms with van der Waals surface area (Å²) in [6.45, 7) is 9.70. The summed E-state index contributed by atoms with van der Waals surface area (Å²) in [6.07, 6.45) is -4.52. The highest BCUT2D eigenvalue weighted by molar-refractivity contribution is 6.12. The van der Waals surface area contributed by atoms with Gasteiger partial charge in [-0.15, -0.1) is 0 Å². The van der Waals surface area contributed by atoms with Crippen molar-refractivity contribution < 1.29 is 13.2 Å². The van der Waals surface area contributed by atoms with E-state index in [0.717, 1.165) is 89.8 Å². The van der Waals surface area contributed by atoms with Crippen molar-refractivity contribution in [3.05, 3.63) is 216 Å². The maximum Gasteiger partial charge on any atom is 0.416 e. The van der Waals surface area contributed by atoms with Crippen LogP contribution in [0.3, 0.4) is 0 Å². The van der Waals surface area contributed by atoms with Crippen LogP contribution in [0.15, 0.2) is 188 Å². The van der Waals surface area contributed by atoms with E-state index in [1.165, 1.54) is 12.1 Å². The lowest BCUT2D eigenvalue weighted by Crippen LogP contribution is -2.05. The Labute approximate surface area is 367 Å². The number of fused-ring (bicyclic) bond motifs is 3. The zero-order chi connectivity index (χ0) is 44.0. The molecular formula is C56H34F3N5. The minimum Gasteiger partial charge on any atom is -0.308 e. The van der Waals surface area contributed by atoms with Crippen LogP contribution in [0.2, 0.25) is 0 Å². The summed E-state index contributed by atoms with van der Waals surface area (Å²) in [6, 6.07) is 60.9. The third kappa shape index (κ3) is 7.34. The molecule has 0 saturated heterocycles. The number of hydrogen-bond acceptors (Lipinski definition) is 3. The van der Waals surface area contributed by atoms with Crippen LogP contribution >= 0.6 is 0 Å². The van der Waals surface area contributed by atoms with Crippen LogP contribution in [-0.4, -0.2) is 14.5 Å². The number of halogens is 3. The Morgan fingerprint density at radius 3 is 1.75 bits per heavy atom. The van der Waals surface area contributed by atoms with Crippen LogP contribution < -0.4 is 0 Å². The first-order valence-electron chi connectivity index (χ1n) is 20.5. The van der Waals surface area contributed by atoms with Crippen molar-refractivity contribution in [3.63, 3.8) is 0 Å². The number of para-hydroxylation sites is 1. The van der Waals surface area contributed by atoms with Crippen LogP contribution in [0.1, 0.15) is 16.7 Å². The van der Waals surface area contributed by atoms with Gasteiger partial charge in [0.2, 0.25) is 0 Å². The highest BCUT2D eigenvalue weighted by atomic mass is 19.4. The molecule has 5 nitrogen and oxygen atoms in total. The van der Waals surface area contributed by atoms with Gasteiger partial charge in [0.15, 0.2) is 11.5 Å². The third-order valence-corrected chi connectivity index (χ3v) is 11.5. The summed E-state index contributed by atoms with van der Waals surface area (Å²) >= 11 is 0. The van der Waals surface area contributed by atoms with Gasteiger partial charge in [0.25, 0.3) is 0 Å². The second-order valence-electron chi connectivity index (χ2n) is 15.6. The number of nitriles is 1. The Kier molecular flexibility index (Phi) is 9.90. The Bertz CT molecular complexity index is 3400. The zero-order valence-electron chi connectivity index (χ0n) is 34.3. The van der Waals surface area contributed by atoms with Gasteiger partial charge in [-0.25, -0.2) is 14.8 Å². The molecule has 0 bridgehead atoms. The third-order valence-electron chi connectivity index (χ3n) is 11.5. The molecule has 304 valence electrons. The van der Waals surface area contributed by atoms with Gasteiger partial charge >= 0.3 is 6.18 Å². The maximum atomic E-state index is 14.1. The first-order chi connectivity index (χ1) is 31.1. The lowest BCUT2D eigenvalue weighted by Gasteiger charge is -2.22. The molecule has 0 aliphatic carbocycles. The Balaban J connectivity index is 1.30. The average Bonchev–Trinajstić information content (AvgIpc) is 3.67. The quantitative estimate of drug-likeness (QED) is 0.150. The lowest BCUT2D eigenvalue weighted by molar-refractivity contribution is -0.137. The Morgan fingerprint density at radius 1 is 0.531 bits per heavy atom. The van der Waals surface area contributed by atoms with Gasteiger partial charge in [0.1, 0.15) is 0 Å². The summed E-state index contributed by atoms with van der Waals surface area (Å²) in [5.74, 6) is 0.538. The predicted molar refractivity (Wildman–Crippen MR) is 250 cm³/mol. The van der Waals surface area contributed by atoms with Crippen molar-refractivity contribution in [1.82, 2.24) is 14.5 Å². The molecule has 0 unspecified atom stereocenters. The number of rotatable bonds is 7. The minimum atomic E-state index is -4.52. The van der Waals surface area contributed by atoms with E-state index in [9.17, 15) is 18.4 Å². The second kappa shape index (κ2) is 16.0. The standard InChI is InChI=1S/C56H34F3N5/c1-35-17-19-37(20-18-35)47-31-43(51-33-50(39-11-5-3-6-12-39)62-55(63-51)40-13-7-4-8-14-40)32-48(38-21-24-44(25-22-38)56(57,58)59)54(47)64-52-16-10-9-15-46(52)49-30-41(23-26-53(49)64)42-27-36(34-60)28-45(29-42)61-2/h3-33H,1H3. The number of alkyl halides is 3. The summed E-state index contributed by atoms with van der Waals surface area (Å²) in [5.41, 5.74) is 12.1. The van der Waals surface area contributed by atoms with E-state index in [2.05, 4.69) is 64.0 Å².